The molecule has 0 saturated carbocycles. The van der Waals surface area contributed by atoms with Crippen molar-refractivity contribution in [2.24, 2.45) is 0 Å². The van der Waals surface area contributed by atoms with E-state index in [9.17, 15) is 4.79 Å². The molecule has 0 spiro atoms. The van der Waals surface area contributed by atoms with Crippen LogP contribution >= 0.6 is 0 Å². The predicted molar refractivity (Wildman–Crippen MR) is 31.1 cm³/mol. The molecule has 4 heteroatoms. The highest BCUT2D eigenvalue weighted by Gasteiger charge is 2.00. The van der Waals surface area contributed by atoms with E-state index in [0.29, 0.717) is 0 Å². The van der Waals surface area contributed by atoms with Crippen molar-refractivity contribution in [2.75, 3.05) is 0 Å². The Morgan fingerprint density at radius 1 is 1.78 bits per heavy atom. The third-order valence-electron chi connectivity index (χ3n) is 1.02. The Bertz CT molecular complexity index is 228. The predicted octanol–water partition coefficient (Wildman–Crippen LogP) is 0.247. The maximum Gasteiger partial charge on any atom is 0.245 e. The van der Waals surface area contributed by atoms with Crippen molar-refractivity contribution in [1.29, 1.82) is 0 Å². The second kappa shape index (κ2) is 1.97. The van der Waals surface area contributed by atoms with Gasteiger partial charge in [-0.05, 0) is 6.92 Å². The normalized spacial score (nSPS) is 9.56. The number of carbonyl (C=O) groups excluding carboxylic acids is 1. The first-order valence-corrected chi connectivity index (χ1v) is 2.60. The van der Waals surface area contributed by atoms with Crippen molar-refractivity contribution in [3.63, 3.8) is 0 Å². The minimum atomic E-state index is -0.106. The van der Waals surface area contributed by atoms with Gasteiger partial charge in [0.05, 0.1) is 11.9 Å². The minimum absolute atomic E-state index is 0.106. The van der Waals surface area contributed by atoms with Gasteiger partial charge in [0, 0.05) is 6.92 Å². The van der Waals surface area contributed by atoms with Crippen LogP contribution < -0.4 is 0 Å². The fraction of sp³-hybridized carbons (Fsp3) is 0.400. The third-order valence-corrected chi connectivity index (χ3v) is 1.02. The molecule has 0 amide bonds. The van der Waals surface area contributed by atoms with Gasteiger partial charge in [0.1, 0.15) is 0 Å². The standard InChI is InChI=1S/C5H7N3O/c1-4-3-6-7-8(4)5(2)9/h3H,1-2H3. The van der Waals surface area contributed by atoms with Gasteiger partial charge in [-0.1, -0.05) is 5.21 Å². The highest BCUT2D eigenvalue weighted by atomic mass is 16.2. The van der Waals surface area contributed by atoms with Crippen LogP contribution in [0.15, 0.2) is 6.20 Å². The van der Waals surface area contributed by atoms with Gasteiger partial charge in [-0.2, -0.15) is 4.68 Å². The lowest BCUT2D eigenvalue weighted by Gasteiger charge is -1.91. The molecule has 1 rings (SSSR count). The van der Waals surface area contributed by atoms with E-state index in [2.05, 4.69) is 10.3 Å². The molecule has 0 radical (unpaired) electrons. The Morgan fingerprint density at radius 2 is 2.44 bits per heavy atom. The molecule has 0 unspecified atom stereocenters. The Hall–Kier alpha value is -1.19. The number of aromatic nitrogens is 3. The first kappa shape index (κ1) is 5.94. The lowest BCUT2D eigenvalue weighted by Crippen LogP contribution is -2.08. The number of aryl methyl sites for hydroxylation is 1. The molecule has 9 heavy (non-hydrogen) atoms. The summed E-state index contributed by atoms with van der Waals surface area (Å²) in [6, 6.07) is 0. The molecule has 48 valence electrons. The van der Waals surface area contributed by atoms with Gasteiger partial charge in [0.15, 0.2) is 0 Å². The molecular weight excluding hydrogens is 118 g/mol. The molecule has 4 nitrogen and oxygen atoms in total. The zero-order valence-corrected chi connectivity index (χ0v) is 5.33. The van der Waals surface area contributed by atoms with E-state index in [4.69, 9.17) is 0 Å². The van der Waals surface area contributed by atoms with Crippen molar-refractivity contribution in [3.05, 3.63) is 11.9 Å². The third kappa shape index (κ3) is 0.960. The van der Waals surface area contributed by atoms with E-state index in [0.717, 1.165) is 5.69 Å². The zero-order chi connectivity index (χ0) is 6.85. The van der Waals surface area contributed by atoms with Crippen molar-refractivity contribution in [2.45, 2.75) is 13.8 Å². The quantitative estimate of drug-likeness (QED) is 0.499. The number of hydrogen-bond acceptors (Lipinski definition) is 3. The minimum Gasteiger partial charge on any atom is -0.273 e. The van der Waals surface area contributed by atoms with Crippen molar-refractivity contribution < 1.29 is 4.79 Å². The molecule has 0 saturated heterocycles. The van der Waals surface area contributed by atoms with Gasteiger partial charge in [-0.3, -0.25) is 4.79 Å². The van der Waals surface area contributed by atoms with Crippen LogP contribution in [0.1, 0.15) is 17.4 Å². The van der Waals surface area contributed by atoms with E-state index in [1.54, 1.807) is 13.1 Å². The fourth-order valence-corrected chi connectivity index (χ4v) is 0.598. The fourth-order valence-electron chi connectivity index (χ4n) is 0.598. The van der Waals surface area contributed by atoms with Gasteiger partial charge < -0.3 is 0 Å². The van der Waals surface area contributed by atoms with Crippen LogP contribution in [-0.2, 0) is 0 Å². The Balaban J connectivity index is 3.08. The van der Waals surface area contributed by atoms with Gasteiger partial charge in [-0.15, -0.1) is 5.10 Å². The SMILES string of the molecule is CC(=O)n1nncc1C. The molecule has 1 aromatic rings. The Morgan fingerprint density at radius 3 is 2.67 bits per heavy atom. The molecule has 1 heterocycles. The highest BCUT2D eigenvalue weighted by molar-refractivity contribution is 5.75. The average molecular weight is 125 g/mol. The molecule has 0 aliphatic heterocycles. The van der Waals surface area contributed by atoms with E-state index in [1.165, 1.54) is 11.6 Å². The zero-order valence-electron chi connectivity index (χ0n) is 5.33. The number of carbonyl (C=O) groups is 1. The second-order valence-electron chi connectivity index (χ2n) is 1.81. The molecule has 1 aromatic heterocycles. The average Bonchev–Trinajstić information content (AvgIpc) is 2.13. The number of nitrogens with zero attached hydrogens (tertiary/aromatic N) is 3. The Labute approximate surface area is 52.5 Å². The van der Waals surface area contributed by atoms with Crippen LogP contribution in [-0.4, -0.2) is 20.9 Å². The van der Waals surface area contributed by atoms with Crippen molar-refractivity contribution >= 4 is 5.91 Å². The summed E-state index contributed by atoms with van der Waals surface area (Å²) >= 11 is 0. The van der Waals surface area contributed by atoms with Crippen LogP contribution in [0, 0.1) is 6.92 Å². The van der Waals surface area contributed by atoms with Crippen LogP contribution in [0.3, 0.4) is 0 Å². The van der Waals surface area contributed by atoms with Crippen LogP contribution in [0.25, 0.3) is 0 Å². The lowest BCUT2D eigenvalue weighted by molar-refractivity contribution is 0.0916. The topological polar surface area (TPSA) is 47.8 Å². The van der Waals surface area contributed by atoms with Crippen LogP contribution in [0.2, 0.25) is 0 Å². The van der Waals surface area contributed by atoms with Gasteiger partial charge in [0.25, 0.3) is 0 Å². The largest absolute Gasteiger partial charge is 0.273 e. The lowest BCUT2D eigenvalue weighted by atomic mass is 10.5. The summed E-state index contributed by atoms with van der Waals surface area (Å²) in [5.41, 5.74) is 0.766. The molecule has 0 aliphatic carbocycles. The summed E-state index contributed by atoms with van der Waals surface area (Å²) in [4.78, 5) is 10.6. The second-order valence-corrected chi connectivity index (χ2v) is 1.81. The van der Waals surface area contributed by atoms with E-state index >= 15 is 0 Å². The Kier molecular flexibility index (Phi) is 1.30. The van der Waals surface area contributed by atoms with Gasteiger partial charge in [-0.25, -0.2) is 0 Å². The summed E-state index contributed by atoms with van der Waals surface area (Å²) in [5, 5.41) is 7.07. The molecule has 0 fully saturated rings. The summed E-state index contributed by atoms with van der Waals surface area (Å²) < 4.78 is 1.25. The molecule has 0 N–H and O–H groups in total. The number of hydrogen-bond donors (Lipinski definition) is 0. The van der Waals surface area contributed by atoms with Crippen molar-refractivity contribution in [1.82, 2.24) is 15.0 Å². The maximum atomic E-state index is 10.6. The smallest absolute Gasteiger partial charge is 0.245 e. The van der Waals surface area contributed by atoms with Crippen molar-refractivity contribution in [3.8, 4) is 0 Å². The first-order chi connectivity index (χ1) is 4.22. The van der Waals surface area contributed by atoms with E-state index in [-0.39, 0.29) is 5.91 Å². The summed E-state index contributed by atoms with van der Waals surface area (Å²) in [6.07, 6.45) is 1.54. The maximum absolute atomic E-state index is 10.6. The van der Waals surface area contributed by atoms with Gasteiger partial charge >= 0.3 is 0 Å². The van der Waals surface area contributed by atoms with E-state index in [1.807, 2.05) is 0 Å². The molecule has 0 bridgehead atoms. The molecule has 0 aliphatic rings. The number of rotatable bonds is 0. The first-order valence-electron chi connectivity index (χ1n) is 2.60. The summed E-state index contributed by atoms with van der Waals surface area (Å²) in [7, 11) is 0. The van der Waals surface area contributed by atoms with Crippen LogP contribution in [0.4, 0.5) is 0 Å². The molecule has 0 atom stereocenters. The van der Waals surface area contributed by atoms with Gasteiger partial charge in [0.2, 0.25) is 5.91 Å². The van der Waals surface area contributed by atoms with Crippen LogP contribution in [0.5, 0.6) is 0 Å². The molecule has 0 aromatic carbocycles. The summed E-state index contributed by atoms with van der Waals surface area (Å²) in [6.45, 7) is 3.23. The molecular formula is C5H7N3O. The monoisotopic (exact) mass is 125 g/mol. The highest BCUT2D eigenvalue weighted by Crippen LogP contribution is 1.90. The summed E-state index contributed by atoms with van der Waals surface area (Å²) in [5.74, 6) is -0.106. The van der Waals surface area contributed by atoms with E-state index < -0.39 is 0 Å².